The van der Waals surface area contributed by atoms with E-state index in [4.69, 9.17) is 4.74 Å². The van der Waals surface area contributed by atoms with E-state index in [-0.39, 0.29) is 0 Å². The van der Waals surface area contributed by atoms with E-state index in [9.17, 15) is 0 Å². The van der Waals surface area contributed by atoms with Crippen molar-refractivity contribution in [2.75, 3.05) is 31.6 Å². The van der Waals surface area contributed by atoms with E-state index in [1.54, 1.807) is 6.20 Å². The molecule has 0 aliphatic carbocycles. The Morgan fingerprint density at radius 1 is 1.33 bits per heavy atom. The molecule has 1 heterocycles. The van der Waals surface area contributed by atoms with Crippen molar-refractivity contribution in [3.63, 3.8) is 0 Å². The quantitative estimate of drug-likeness (QED) is 0.770. The molecule has 1 atom stereocenters. The summed E-state index contributed by atoms with van der Waals surface area (Å²) in [7, 11) is 0. The minimum atomic E-state index is 0.346. The number of rotatable bonds is 8. The van der Waals surface area contributed by atoms with Crippen molar-refractivity contribution in [1.82, 2.24) is 9.88 Å². The Hall–Kier alpha value is -1.29. The Morgan fingerprint density at radius 3 is 2.67 bits per heavy atom. The minimum absolute atomic E-state index is 0.346. The third-order valence-electron chi connectivity index (χ3n) is 2.88. The van der Waals surface area contributed by atoms with Gasteiger partial charge in [0.25, 0.3) is 0 Å². The molecule has 0 fully saturated rings. The van der Waals surface area contributed by atoms with Crippen LogP contribution in [0.2, 0.25) is 0 Å². The standard InChI is InChI=1S/C14H25N3O/c1-5-17(6-2)11-12(4)16-14-13(18-7-3)9-8-10-15-14/h8-10,12H,5-7,11H2,1-4H3,(H,15,16). The van der Waals surface area contributed by atoms with Crippen molar-refractivity contribution in [2.45, 2.75) is 33.7 Å². The van der Waals surface area contributed by atoms with Gasteiger partial charge in [0, 0.05) is 18.8 Å². The summed E-state index contributed by atoms with van der Waals surface area (Å²) in [5.41, 5.74) is 0. The third kappa shape index (κ3) is 4.53. The van der Waals surface area contributed by atoms with Crippen LogP contribution < -0.4 is 10.1 Å². The first-order chi connectivity index (χ1) is 8.71. The SMILES string of the molecule is CCOc1cccnc1NC(C)CN(CC)CC. The number of anilines is 1. The first kappa shape index (κ1) is 14.8. The van der Waals surface area contributed by atoms with Gasteiger partial charge in [0.1, 0.15) is 0 Å². The Balaban J connectivity index is 2.60. The Labute approximate surface area is 110 Å². The Kier molecular flexibility index (Phi) is 6.50. The normalized spacial score (nSPS) is 12.5. The maximum Gasteiger partial charge on any atom is 0.168 e. The molecule has 0 aromatic carbocycles. The number of likely N-dealkylation sites (N-methyl/N-ethyl adjacent to an activating group) is 1. The summed E-state index contributed by atoms with van der Waals surface area (Å²) in [6.07, 6.45) is 1.79. The van der Waals surface area contributed by atoms with Crippen LogP contribution >= 0.6 is 0 Å². The van der Waals surface area contributed by atoms with Crippen LogP contribution in [0.4, 0.5) is 5.82 Å². The lowest BCUT2D eigenvalue weighted by Crippen LogP contribution is -2.35. The van der Waals surface area contributed by atoms with Crippen LogP contribution in [0.25, 0.3) is 0 Å². The Morgan fingerprint density at radius 2 is 2.06 bits per heavy atom. The van der Waals surface area contributed by atoms with Crippen molar-refractivity contribution in [3.05, 3.63) is 18.3 Å². The Bertz CT molecular complexity index is 340. The molecule has 1 unspecified atom stereocenters. The van der Waals surface area contributed by atoms with Crippen molar-refractivity contribution in [2.24, 2.45) is 0 Å². The molecule has 0 spiro atoms. The fourth-order valence-electron chi connectivity index (χ4n) is 1.92. The summed E-state index contributed by atoms with van der Waals surface area (Å²) in [5.74, 6) is 1.66. The molecule has 0 aliphatic rings. The second-order valence-corrected chi connectivity index (χ2v) is 4.31. The molecule has 4 heteroatoms. The highest BCUT2D eigenvalue weighted by atomic mass is 16.5. The molecule has 1 aromatic heterocycles. The van der Waals surface area contributed by atoms with Gasteiger partial charge in [-0.15, -0.1) is 0 Å². The molecule has 0 radical (unpaired) electrons. The molecular weight excluding hydrogens is 226 g/mol. The van der Waals surface area contributed by atoms with Crippen molar-refractivity contribution in [1.29, 1.82) is 0 Å². The van der Waals surface area contributed by atoms with Crippen molar-refractivity contribution < 1.29 is 4.74 Å². The predicted molar refractivity (Wildman–Crippen MR) is 76.3 cm³/mol. The lowest BCUT2D eigenvalue weighted by atomic mass is 10.3. The van der Waals surface area contributed by atoms with Crippen LogP contribution in [-0.4, -0.2) is 42.2 Å². The van der Waals surface area contributed by atoms with Gasteiger partial charge in [0.05, 0.1) is 6.61 Å². The number of nitrogens with one attached hydrogen (secondary N) is 1. The van der Waals surface area contributed by atoms with Gasteiger partial charge < -0.3 is 15.0 Å². The van der Waals surface area contributed by atoms with E-state index in [2.05, 4.69) is 36.0 Å². The largest absolute Gasteiger partial charge is 0.490 e. The summed E-state index contributed by atoms with van der Waals surface area (Å²) in [6.45, 7) is 12.3. The maximum atomic E-state index is 5.56. The van der Waals surface area contributed by atoms with Crippen LogP contribution in [0.5, 0.6) is 5.75 Å². The van der Waals surface area contributed by atoms with E-state index >= 15 is 0 Å². The maximum absolute atomic E-state index is 5.56. The molecule has 0 aliphatic heterocycles. The smallest absolute Gasteiger partial charge is 0.168 e. The highest BCUT2D eigenvalue weighted by Crippen LogP contribution is 2.21. The summed E-state index contributed by atoms with van der Waals surface area (Å²) < 4.78 is 5.56. The second-order valence-electron chi connectivity index (χ2n) is 4.31. The summed E-state index contributed by atoms with van der Waals surface area (Å²) in [4.78, 5) is 6.73. The fraction of sp³-hybridized carbons (Fsp3) is 0.643. The van der Waals surface area contributed by atoms with Crippen LogP contribution in [0.1, 0.15) is 27.7 Å². The number of aromatic nitrogens is 1. The van der Waals surface area contributed by atoms with Gasteiger partial charge in [-0.05, 0) is 39.1 Å². The van der Waals surface area contributed by atoms with Crippen LogP contribution in [0, 0.1) is 0 Å². The molecule has 18 heavy (non-hydrogen) atoms. The molecule has 0 bridgehead atoms. The molecule has 102 valence electrons. The molecule has 0 saturated heterocycles. The van der Waals surface area contributed by atoms with Gasteiger partial charge in [-0.25, -0.2) is 4.98 Å². The number of pyridine rings is 1. The van der Waals surface area contributed by atoms with Gasteiger partial charge in [-0.2, -0.15) is 0 Å². The fourth-order valence-corrected chi connectivity index (χ4v) is 1.92. The lowest BCUT2D eigenvalue weighted by Gasteiger charge is -2.24. The van der Waals surface area contributed by atoms with Gasteiger partial charge in [0.2, 0.25) is 0 Å². The molecule has 4 nitrogen and oxygen atoms in total. The first-order valence-corrected chi connectivity index (χ1v) is 6.77. The topological polar surface area (TPSA) is 37.4 Å². The lowest BCUT2D eigenvalue weighted by molar-refractivity contribution is 0.293. The van der Waals surface area contributed by atoms with Crippen molar-refractivity contribution >= 4 is 5.82 Å². The summed E-state index contributed by atoms with van der Waals surface area (Å²) in [5, 5.41) is 3.42. The van der Waals surface area contributed by atoms with Gasteiger partial charge in [0.15, 0.2) is 11.6 Å². The zero-order chi connectivity index (χ0) is 13.4. The number of hydrogen-bond acceptors (Lipinski definition) is 4. The van der Waals surface area contributed by atoms with Crippen LogP contribution in [0.15, 0.2) is 18.3 Å². The first-order valence-electron chi connectivity index (χ1n) is 6.77. The molecule has 0 amide bonds. The minimum Gasteiger partial charge on any atom is -0.490 e. The number of hydrogen-bond donors (Lipinski definition) is 1. The highest BCUT2D eigenvalue weighted by molar-refractivity contribution is 5.50. The van der Waals surface area contributed by atoms with Gasteiger partial charge in [-0.1, -0.05) is 13.8 Å². The molecule has 1 N–H and O–H groups in total. The highest BCUT2D eigenvalue weighted by Gasteiger charge is 2.10. The van der Waals surface area contributed by atoms with E-state index < -0.39 is 0 Å². The molecular formula is C14H25N3O. The molecule has 0 saturated carbocycles. The van der Waals surface area contributed by atoms with Gasteiger partial charge in [-0.3, -0.25) is 0 Å². The van der Waals surface area contributed by atoms with E-state index in [1.807, 2.05) is 19.1 Å². The zero-order valence-corrected chi connectivity index (χ0v) is 11.9. The molecule has 1 aromatic rings. The third-order valence-corrected chi connectivity index (χ3v) is 2.88. The monoisotopic (exact) mass is 251 g/mol. The average Bonchev–Trinajstić information content (AvgIpc) is 2.38. The van der Waals surface area contributed by atoms with E-state index in [1.165, 1.54) is 0 Å². The number of ether oxygens (including phenoxy) is 1. The average molecular weight is 251 g/mol. The zero-order valence-electron chi connectivity index (χ0n) is 11.9. The summed E-state index contributed by atoms with van der Waals surface area (Å²) >= 11 is 0. The van der Waals surface area contributed by atoms with E-state index in [0.29, 0.717) is 12.6 Å². The van der Waals surface area contributed by atoms with Crippen molar-refractivity contribution in [3.8, 4) is 5.75 Å². The van der Waals surface area contributed by atoms with E-state index in [0.717, 1.165) is 31.2 Å². The predicted octanol–water partition coefficient (Wildman–Crippen LogP) is 2.62. The second kappa shape index (κ2) is 7.93. The summed E-state index contributed by atoms with van der Waals surface area (Å²) in [6, 6.07) is 4.19. The van der Waals surface area contributed by atoms with Gasteiger partial charge >= 0.3 is 0 Å². The van der Waals surface area contributed by atoms with Crippen LogP contribution in [-0.2, 0) is 0 Å². The molecule has 1 rings (SSSR count). The number of nitrogens with zero attached hydrogens (tertiary/aromatic N) is 2. The van der Waals surface area contributed by atoms with Crippen LogP contribution in [0.3, 0.4) is 0 Å².